The minimum Gasteiger partial charge on any atom is -0.488 e. The summed E-state index contributed by atoms with van der Waals surface area (Å²) in [5.41, 5.74) is 2.64. The number of hydrogen-bond acceptors (Lipinski definition) is 6. The van der Waals surface area contributed by atoms with Crippen LogP contribution in [0.5, 0.6) is 5.75 Å². The molecular weight excluding hydrogens is 435 g/mol. The molecule has 4 rings (SSSR count). The number of aromatic nitrogens is 2. The van der Waals surface area contributed by atoms with E-state index in [1.807, 2.05) is 53.6 Å². The third kappa shape index (κ3) is 5.40. The van der Waals surface area contributed by atoms with E-state index in [1.165, 1.54) is 0 Å². The quantitative estimate of drug-likeness (QED) is 0.367. The summed E-state index contributed by atoms with van der Waals surface area (Å²) in [7, 11) is 0. The highest BCUT2D eigenvalue weighted by molar-refractivity contribution is 6.42. The van der Waals surface area contributed by atoms with Gasteiger partial charge in [-0.05, 0) is 29.8 Å². The summed E-state index contributed by atoms with van der Waals surface area (Å²) in [6.07, 6.45) is 5.67. The lowest BCUT2D eigenvalue weighted by Crippen LogP contribution is -2.48. The van der Waals surface area contributed by atoms with Crippen molar-refractivity contribution in [3.8, 4) is 5.75 Å². The van der Waals surface area contributed by atoms with Crippen molar-refractivity contribution in [2.24, 2.45) is 5.16 Å². The lowest BCUT2D eigenvalue weighted by molar-refractivity contribution is -0.706. The van der Waals surface area contributed by atoms with Gasteiger partial charge < -0.3 is 24.9 Å². The number of fused-ring (bicyclic) bond motifs is 1. The molecule has 1 aliphatic heterocycles. The molecule has 0 radical (unpaired) electrons. The first-order valence-corrected chi connectivity index (χ1v) is 9.42. The molecule has 0 saturated carbocycles. The Balaban J connectivity index is 0.000000589. The molecule has 30 heavy (non-hydrogen) atoms. The monoisotopic (exact) mass is 450 g/mol. The number of ether oxygens (including phenoxy) is 1. The molecule has 1 N–H and O–H groups in total. The van der Waals surface area contributed by atoms with Gasteiger partial charge in [0.15, 0.2) is 6.04 Å². The Labute approximate surface area is 181 Å². The molecule has 0 aliphatic carbocycles. The minimum absolute atomic E-state index is 0.0787. The fourth-order valence-electron chi connectivity index (χ4n) is 2.87. The fraction of sp³-hybridized carbons (Fsp3) is 0.158. The van der Waals surface area contributed by atoms with E-state index in [2.05, 4.69) is 10.1 Å². The number of aromatic amines is 1. The molecule has 2 aromatic carbocycles. The smallest absolute Gasteiger partial charge is 0.242 e. The number of benzene rings is 2. The Hall–Kier alpha value is -3.30. The van der Waals surface area contributed by atoms with Crippen LogP contribution in [0.1, 0.15) is 17.2 Å². The third-order valence-electron chi connectivity index (χ3n) is 4.18. The van der Waals surface area contributed by atoms with Gasteiger partial charge in [0, 0.05) is 5.56 Å². The molecule has 1 unspecified atom stereocenters. The lowest BCUT2D eigenvalue weighted by atomic mass is 10.00. The summed E-state index contributed by atoms with van der Waals surface area (Å²) in [5.74, 6) is 0.803. The van der Waals surface area contributed by atoms with Crippen molar-refractivity contribution < 1.29 is 19.2 Å². The summed E-state index contributed by atoms with van der Waals surface area (Å²) in [4.78, 5) is 16.9. The van der Waals surface area contributed by atoms with E-state index in [-0.39, 0.29) is 6.04 Å². The van der Waals surface area contributed by atoms with Crippen molar-refractivity contribution in [3.05, 3.63) is 97.7 Å². The first-order valence-electron chi connectivity index (χ1n) is 8.66. The first kappa shape index (κ1) is 21.4. The zero-order valence-corrected chi connectivity index (χ0v) is 16.9. The van der Waals surface area contributed by atoms with Gasteiger partial charge in [0.1, 0.15) is 37.1 Å². The van der Waals surface area contributed by atoms with Gasteiger partial charge in [-0.25, -0.2) is 4.57 Å². The Bertz CT molecular complexity index is 1040. The molecule has 0 bridgehead atoms. The molecule has 1 atom stereocenters. The minimum atomic E-state index is -1.75. The molecule has 3 aromatic rings. The molecule has 11 heteroatoms. The van der Waals surface area contributed by atoms with Crippen LogP contribution < -0.4 is 9.30 Å². The van der Waals surface area contributed by atoms with E-state index >= 15 is 0 Å². The van der Waals surface area contributed by atoms with Crippen molar-refractivity contribution >= 4 is 28.9 Å². The molecule has 9 nitrogen and oxygen atoms in total. The Kier molecular flexibility index (Phi) is 7.10. The van der Waals surface area contributed by atoms with E-state index in [0.717, 1.165) is 22.6 Å². The van der Waals surface area contributed by atoms with Gasteiger partial charge in [-0.15, -0.1) is 0 Å². The molecule has 2 heterocycles. The maximum atomic E-state index is 8.25. The van der Waals surface area contributed by atoms with E-state index in [0.29, 0.717) is 23.3 Å². The average molecular weight is 451 g/mol. The second-order valence-corrected chi connectivity index (χ2v) is 6.92. The predicted molar refractivity (Wildman–Crippen MR) is 110 cm³/mol. The van der Waals surface area contributed by atoms with Crippen LogP contribution in [0.2, 0.25) is 10.0 Å². The first-order chi connectivity index (χ1) is 14.5. The molecular formula is C19H16Cl2N4O5. The number of hydrogen-bond donors (Lipinski definition) is 1. The standard InChI is InChI=1S/C19H15Cl2N3O2.NO3/c20-15-6-5-13(9-16(15)21)10-26-23-19-14-3-1-2-4-18(14)25-11-17(19)24-8-7-22-12-24;2-1(3)4/h1-9,12,17H,10-11H2;/q;-1/p+1/b23-19+;. The van der Waals surface area contributed by atoms with Crippen molar-refractivity contribution in [3.63, 3.8) is 0 Å². The zero-order chi connectivity index (χ0) is 21.5. The molecule has 1 aliphatic rings. The van der Waals surface area contributed by atoms with E-state index in [9.17, 15) is 0 Å². The number of imidazole rings is 1. The maximum Gasteiger partial charge on any atom is 0.242 e. The maximum absolute atomic E-state index is 8.25. The lowest BCUT2D eigenvalue weighted by Gasteiger charge is -2.24. The Morgan fingerprint density at radius 2 is 2.00 bits per heavy atom. The van der Waals surface area contributed by atoms with E-state index in [4.69, 9.17) is 48.1 Å². The largest absolute Gasteiger partial charge is 0.488 e. The summed E-state index contributed by atoms with van der Waals surface area (Å²) < 4.78 is 7.89. The predicted octanol–water partition coefficient (Wildman–Crippen LogP) is 3.92. The number of para-hydroxylation sites is 1. The Morgan fingerprint density at radius 3 is 2.70 bits per heavy atom. The number of nitrogens with one attached hydrogen (secondary N) is 1. The second kappa shape index (κ2) is 9.95. The highest BCUT2D eigenvalue weighted by atomic mass is 35.5. The van der Waals surface area contributed by atoms with Gasteiger partial charge in [-0.2, -0.15) is 0 Å². The summed E-state index contributed by atoms with van der Waals surface area (Å²) in [6.45, 7) is 0.780. The molecule has 156 valence electrons. The van der Waals surface area contributed by atoms with Crippen LogP contribution in [0.4, 0.5) is 0 Å². The van der Waals surface area contributed by atoms with Crippen LogP contribution in [0.3, 0.4) is 0 Å². The number of H-pyrrole nitrogens is 1. The van der Waals surface area contributed by atoms with Crippen LogP contribution >= 0.6 is 23.2 Å². The van der Waals surface area contributed by atoms with Gasteiger partial charge >= 0.3 is 0 Å². The van der Waals surface area contributed by atoms with Crippen molar-refractivity contribution in [1.82, 2.24) is 4.98 Å². The van der Waals surface area contributed by atoms with Crippen LogP contribution in [0.25, 0.3) is 0 Å². The normalized spacial score (nSPS) is 16.1. The molecule has 0 saturated heterocycles. The summed E-state index contributed by atoms with van der Waals surface area (Å²) in [6, 6.07) is 13.1. The molecule has 0 spiro atoms. The van der Waals surface area contributed by atoms with Crippen LogP contribution in [0, 0.1) is 15.3 Å². The summed E-state index contributed by atoms with van der Waals surface area (Å²) >= 11 is 12.0. The fourth-order valence-corrected chi connectivity index (χ4v) is 3.19. The van der Waals surface area contributed by atoms with E-state index < -0.39 is 5.09 Å². The number of nitrogens with zero attached hydrogens (tertiary/aromatic N) is 3. The van der Waals surface area contributed by atoms with Crippen molar-refractivity contribution in [1.29, 1.82) is 0 Å². The van der Waals surface area contributed by atoms with Gasteiger partial charge in [0.25, 0.3) is 0 Å². The molecule has 0 amide bonds. The highest BCUT2D eigenvalue weighted by Crippen LogP contribution is 2.28. The molecule has 1 aromatic heterocycles. The number of halogens is 2. The van der Waals surface area contributed by atoms with Crippen LogP contribution in [0.15, 0.2) is 66.3 Å². The Morgan fingerprint density at radius 1 is 1.23 bits per heavy atom. The number of rotatable bonds is 4. The van der Waals surface area contributed by atoms with Gasteiger partial charge in [-0.1, -0.05) is 46.6 Å². The summed E-state index contributed by atoms with van der Waals surface area (Å²) in [5, 5.41) is 20.2. The van der Waals surface area contributed by atoms with Crippen molar-refractivity contribution in [2.45, 2.75) is 12.6 Å². The molecule has 0 fully saturated rings. The van der Waals surface area contributed by atoms with Gasteiger partial charge in [-0.3, -0.25) is 4.98 Å². The van der Waals surface area contributed by atoms with Crippen LogP contribution in [-0.2, 0) is 11.4 Å². The van der Waals surface area contributed by atoms with Gasteiger partial charge in [0.2, 0.25) is 6.33 Å². The van der Waals surface area contributed by atoms with Gasteiger partial charge in [0.05, 0.1) is 15.1 Å². The number of oxime groups is 1. The highest BCUT2D eigenvalue weighted by Gasteiger charge is 2.32. The van der Waals surface area contributed by atoms with E-state index in [1.54, 1.807) is 12.1 Å². The zero-order valence-electron chi connectivity index (χ0n) is 15.4. The topological polar surface area (TPSA) is 117 Å². The SMILES string of the molecule is Clc1ccc(CO/N=C2\c3ccccc3OCC2[n+]2cc[nH]c2)cc1Cl.O=[N+]([O-])[O-]. The second-order valence-electron chi connectivity index (χ2n) is 6.10. The third-order valence-corrected chi connectivity index (χ3v) is 4.92. The average Bonchev–Trinajstić information content (AvgIpc) is 3.25. The van der Waals surface area contributed by atoms with Crippen molar-refractivity contribution in [2.75, 3.05) is 6.61 Å². The van der Waals surface area contributed by atoms with Crippen LogP contribution in [-0.4, -0.2) is 22.4 Å².